The zero-order valence-corrected chi connectivity index (χ0v) is 14.3. The summed E-state index contributed by atoms with van der Waals surface area (Å²) in [5.41, 5.74) is 2.83. The van der Waals surface area contributed by atoms with Gasteiger partial charge in [-0.05, 0) is 18.6 Å². The summed E-state index contributed by atoms with van der Waals surface area (Å²) < 4.78 is 1.27. The molecule has 1 aliphatic rings. The first kappa shape index (κ1) is 17.2. The van der Waals surface area contributed by atoms with Gasteiger partial charge in [0.05, 0.1) is 0 Å². The zero-order valence-electron chi connectivity index (χ0n) is 14.3. The molecule has 0 spiro atoms. The molecule has 0 unspecified atom stereocenters. The lowest BCUT2D eigenvalue weighted by atomic mass is 10.1. The fourth-order valence-electron chi connectivity index (χ4n) is 2.93. The summed E-state index contributed by atoms with van der Waals surface area (Å²) in [6, 6.07) is 10.1. The lowest BCUT2D eigenvalue weighted by molar-refractivity contribution is -0.137. The maximum Gasteiger partial charge on any atom is 0.325 e. The molecule has 1 fully saturated rings. The van der Waals surface area contributed by atoms with Gasteiger partial charge in [0.2, 0.25) is 0 Å². The molecule has 1 N–H and O–H groups in total. The molecule has 1 aliphatic heterocycles. The Morgan fingerprint density at radius 2 is 1.76 bits per heavy atom. The van der Waals surface area contributed by atoms with Crippen molar-refractivity contribution in [2.75, 3.05) is 26.2 Å². The Bertz CT molecular complexity index is 746. The van der Waals surface area contributed by atoms with Crippen LogP contribution < -0.4 is 0 Å². The second-order valence-corrected chi connectivity index (χ2v) is 6.35. The van der Waals surface area contributed by atoms with Gasteiger partial charge in [-0.25, -0.2) is 0 Å². The Morgan fingerprint density at radius 1 is 1.08 bits per heavy atom. The number of aryl methyl sites for hydroxylation is 1. The van der Waals surface area contributed by atoms with Crippen molar-refractivity contribution in [3.05, 3.63) is 53.3 Å². The molecular formula is C18H22N4O3. The van der Waals surface area contributed by atoms with Crippen molar-refractivity contribution >= 4 is 11.9 Å². The summed E-state index contributed by atoms with van der Waals surface area (Å²) in [6.45, 7) is 5.65. The van der Waals surface area contributed by atoms with Crippen molar-refractivity contribution in [2.24, 2.45) is 0 Å². The summed E-state index contributed by atoms with van der Waals surface area (Å²) in [4.78, 5) is 27.3. The summed E-state index contributed by atoms with van der Waals surface area (Å²) >= 11 is 0. The third-order valence-corrected chi connectivity index (χ3v) is 4.34. The highest BCUT2D eigenvalue weighted by Crippen LogP contribution is 2.11. The van der Waals surface area contributed by atoms with E-state index in [4.69, 9.17) is 5.11 Å². The molecule has 3 rings (SSSR count). The van der Waals surface area contributed by atoms with Crippen LogP contribution in [0.5, 0.6) is 0 Å². The zero-order chi connectivity index (χ0) is 17.8. The number of carboxylic acids is 1. The number of hydrogen-bond donors (Lipinski definition) is 1. The maximum atomic E-state index is 12.5. The van der Waals surface area contributed by atoms with E-state index in [-0.39, 0.29) is 12.5 Å². The molecule has 0 aliphatic carbocycles. The SMILES string of the molecule is Cc1ccc(CN2CCN(C(=O)c3ccn(CC(=O)O)n3)CC2)cc1. The first-order valence-electron chi connectivity index (χ1n) is 8.34. The van der Waals surface area contributed by atoms with Crippen LogP contribution in [0.4, 0.5) is 0 Å². The van der Waals surface area contributed by atoms with Gasteiger partial charge < -0.3 is 10.0 Å². The van der Waals surface area contributed by atoms with Crippen molar-refractivity contribution in [2.45, 2.75) is 20.0 Å². The number of carbonyl (C=O) groups is 2. The number of carboxylic acid groups (broad SMARTS) is 1. The third-order valence-electron chi connectivity index (χ3n) is 4.34. The van der Waals surface area contributed by atoms with Crippen LogP contribution in [-0.2, 0) is 17.9 Å². The number of nitrogens with zero attached hydrogens (tertiary/aromatic N) is 4. The summed E-state index contributed by atoms with van der Waals surface area (Å²) in [6.07, 6.45) is 1.52. The number of aliphatic carboxylic acids is 1. The first-order valence-corrected chi connectivity index (χ1v) is 8.34. The quantitative estimate of drug-likeness (QED) is 0.884. The Labute approximate surface area is 146 Å². The standard InChI is InChI=1S/C18H22N4O3/c1-14-2-4-15(5-3-14)12-20-8-10-21(11-9-20)18(25)16-6-7-22(19-16)13-17(23)24/h2-7H,8-13H2,1H3,(H,23,24). The van der Waals surface area contributed by atoms with E-state index in [1.165, 1.54) is 22.0 Å². The van der Waals surface area contributed by atoms with Crippen LogP contribution in [0.15, 0.2) is 36.5 Å². The largest absolute Gasteiger partial charge is 0.480 e. The minimum atomic E-state index is -0.980. The molecule has 1 saturated heterocycles. The molecule has 132 valence electrons. The predicted molar refractivity (Wildman–Crippen MR) is 92.2 cm³/mol. The normalized spacial score (nSPS) is 15.3. The average Bonchev–Trinajstić information content (AvgIpc) is 3.05. The van der Waals surface area contributed by atoms with E-state index < -0.39 is 5.97 Å². The summed E-state index contributed by atoms with van der Waals surface area (Å²) in [5, 5.41) is 12.8. The Hall–Kier alpha value is -2.67. The molecule has 1 aromatic carbocycles. The molecule has 7 nitrogen and oxygen atoms in total. The first-order chi connectivity index (χ1) is 12.0. The number of hydrogen-bond acceptors (Lipinski definition) is 4. The van der Waals surface area contributed by atoms with Gasteiger partial charge in [0.1, 0.15) is 12.2 Å². The highest BCUT2D eigenvalue weighted by molar-refractivity contribution is 5.92. The molecule has 1 aromatic heterocycles. The van der Waals surface area contributed by atoms with E-state index in [1.54, 1.807) is 11.0 Å². The van der Waals surface area contributed by atoms with Gasteiger partial charge in [-0.1, -0.05) is 29.8 Å². The number of benzene rings is 1. The number of rotatable bonds is 5. The van der Waals surface area contributed by atoms with Crippen LogP contribution in [0.2, 0.25) is 0 Å². The lowest BCUT2D eigenvalue weighted by Crippen LogP contribution is -2.48. The van der Waals surface area contributed by atoms with E-state index in [2.05, 4.69) is 41.2 Å². The maximum absolute atomic E-state index is 12.5. The van der Waals surface area contributed by atoms with Gasteiger partial charge >= 0.3 is 5.97 Å². The van der Waals surface area contributed by atoms with Gasteiger partial charge in [-0.3, -0.25) is 19.2 Å². The van der Waals surface area contributed by atoms with Gasteiger partial charge in [-0.2, -0.15) is 5.10 Å². The monoisotopic (exact) mass is 342 g/mol. The van der Waals surface area contributed by atoms with Crippen LogP contribution in [0.25, 0.3) is 0 Å². The molecular weight excluding hydrogens is 320 g/mol. The molecule has 2 heterocycles. The molecule has 25 heavy (non-hydrogen) atoms. The van der Waals surface area contributed by atoms with E-state index in [0.29, 0.717) is 18.8 Å². The van der Waals surface area contributed by atoms with Gasteiger partial charge in [0.25, 0.3) is 5.91 Å². The number of aromatic nitrogens is 2. The third kappa shape index (κ3) is 4.45. The molecule has 0 saturated carbocycles. The molecule has 0 atom stereocenters. The lowest BCUT2D eigenvalue weighted by Gasteiger charge is -2.34. The number of amides is 1. The second-order valence-electron chi connectivity index (χ2n) is 6.35. The Kier molecular flexibility index (Phi) is 5.14. The van der Waals surface area contributed by atoms with E-state index >= 15 is 0 Å². The van der Waals surface area contributed by atoms with Crippen molar-refractivity contribution in [3.63, 3.8) is 0 Å². The highest BCUT2D eigenvalue weighted by Gasteiger charge is 2.23. The van der Waals surface area contributed by atoms with Crippen molar-refractivity contribution < 1.29 is 14.7 Å². The van der Waals surface area contributed by atoms with Crippen molar-refractivity contribution in [1.82, 2.24) is 19.6 Å². The number of piperazine rings is 1. The molecule has 0 radical (unpaired) electrons. The van der Waals surface area contributed by atoms with Gasteiger partial charge in [0.15, 0.2) is 0 Å². The summed E-state index contributed by atoms with van der Waals surface area (Å²) in [5.74, 6) is -1.12. The van der Waals surface area contributed by atoms with Gasteiger partial charge in [-0.15, -0.1) is 0 Å². The van der Waals surface area contributed by atoms with Crippen LogP contribution in [0.3, 0.4) is 0 Å². The molecule has 1 amide bonds. The smallest absolute Gasteiger partial charge is 0.325 e. The molecule has 2 aromatic rings. The average molecular weight is 342 g/mol. The predicted octanol–water partition coefficient (Wildman–Crippen LogP) is 1.23. The van der Waals surface area contributed by atoms with Crippen LogP contribution in [0.1, 0.15) is 21.6 Å². The van der Waals surface area contributed by atoms with Crippen molar-refractivity contribution in [3.8, 4) is 0 Å². The fourth-order valence-corrected chi connectivity index (χ4v) is 2.93. The van der Waals surface area contributed by atoms with Gasteiger partial charge in [0, 0.05) is 38.9 Å². The molecule has 7 heteroatoms. The number of carbonyl (C=O) groups excluding carboxylic acids is 1. The second kappa shape index (κ2) is 7.48. The minimum Gasteiger partial charge on any atom is -0.480 e. The molecule has 0 bridgehead atoms. The van der Waals surface area contributed by atoms with Crippen LogP contribution in [-0.4, -0.2) is 62.7 Å². The Balaban J connectivity index is 1.52. The minimum absolute atomic E-state index is 0.140. The Morgan fingerprint density at radius 3 is 2.40 bits per heavy atom. The topological polar surface area (TPSA) is 78.7 Å². The van der Waals surface area contributed by atoms with E-state index in [1.807, 2.05) is 0 Å². The van der Waals surface area contributed by atoms with E-state index in [0.717, 1.165) is 19.6 Å². The van der Waals surface area contributed by atoms with Crippen LogP contribution in [0, 0.1) is 6.92 Å². The van der Waals surface area contributed by atoms with E-state index in [9.17, 15) is 9.59 Å². The van der Waals surface area contributed by atoms with Crippen molar-refractivity contribution in [1.29, 1.82) is 0 Å². The van der Waals surface area contributed by atoms with Crippen LogP contribution >= 0.6 is 0 Å². The summed E-state index contributed by atoms with van der Waals surface area (Å²) in [7, 11) is 0. The highest BCUT2D eigenvalue weighted by atomic mass is 16.4. The fraction of sp³-hybridized carbons (Fsp3) is 0.389.